The SMILES string of the molecule is CC1(C)OB(C2=CC=CC3=NC(=O)C=CC23)OC1(C)C. The highest BCUT2D eigenvalue weighted by Crippen LogP contribution is 2.41. The van der Waals surface area contributed by atoms with Crippen LogP contribution in [0.3, 0.4) is 0 Å². The Bertz CT molecular complexity index is 568. The molecule has 3 rings (SSSR count). The number of rotatable bonds is 1. The normalized spacial score (nSPS) is 30.1. The minimum Gasteiger partial charge on any atom is -0.400 e. The van der Waals surface area contributed by atoms with Crippen molar-refractivity contribution >= 4 is 18.7 Å². The van der Waals surface area contributed by atoms with E-state index in [1.54, 1.807) is 0 Å². The van der Waals surface area contributed by atoms with Crippen LogP contribution in [0.15, 0.2) is 40.8 Å². The van der Waals surface area contributed by atoms with E-state index in [2.05, 4.69) is 4.99 Å². The second-order valence-electron chi connectivity index (χ2n) is 6.33. The standard InChI is InChI=1S/C15H18BNO3/c1-14(2)15(3,4)20-16(19-14)11-6-5-7-12-10(11)8-9-13(18)17-12/h5-10H,1-4H3. The Morgan fingerprint density at radius 3 is 2.45 bits per heavy atom. The molecule has 4 nitrogen and oxygen atoms in total. The van der Waals surface area contributed by atoms with Crippen LogP contribution in [0.2, 0.25) is 0 Å². The molecule has 5 heteroatoms. The first-order chi connectivity index (χ1) is 9.30. The smallest absolute Gasteiger partial charge is 0.400 e. The van der Waals surface area contributed by atoms with Crippen LogP contribution in [0.4, 0.5) is 0 Å². The molecule has 20 heavy (non-hydrogen) atoms. The van der Waals surface area contributed by atoms with Crippen molar-refractivity contribution in [2.75, 3.05) is 0 Å². The predicted molar refractivity (Wildman–Crippen MR) is 78.4 cm³/mol. The molecule has 3 aliphatic rings. The molecule has 1 saturated heterocycles. The summed E-state index contributed by atoms with van der Waals surface area (Å²) in [6.07, 6.45) is 9.12. The van der Waals surface area contributed by atoms with E-state index in [1.165, 1.54) is 6.08 Å². The van der Waals surface area contributed by atoms with Crippen molar-refractivity contribution in [3.63, 3.8) is 0 Å². The van der Waals surface area contributed by atoms with Gasteiger partial charge in [0.05, 0.1) is 16.9 Å². The molecule has 2 aliphatic heterocycles. The summed E-state index contributed by atoms with van der Waals surface area (Å²) >= 11 is 0. The van der Waals surface area contributed by atoms with Crippen LogP contribution in [0.25, 0.3) is 0 Å². The fourth-order valence-electron chi connectivity index (χ4n) is 2.50. The van der Waals surface area contributed by atoms with Crippen LogP contribution in [0, 0.1) is 5.92 Å². The number of carbonyl (C=O) groups excluding carboxylic acids is 1. The number of aliphatic imine (C=N–C) groups is 1. The zero-order valence-electron chi connectivity index (χ0n) is 12.2. The van der Waals surface area contributed by atoms with E-state index in [1.807, 2.05) is 52.0 Å². The maximum Gasteiger partial charge on any atom is 0.491 e. The van der Waals surface area contributed by atoms with Gasteiger partial charge in [0, 0.05) is 12.0 Å². The molecule has 1 fully saturated rings. The minimum absolute atomic E-state index is 0.0348. The highest BCUT2D eigenvalue weighted by atomic mass is 16.7. The molecular weight excluding hydrogens is 253 g/mol. The Hall–Kier alpha value is -1.46. The van der Waals surface area contributed by atoms with E-state index < -0.39 is 7.12 Å². The monoisotopic (exact) mass is 271 g/mol. The molecule has 0 radical (unpaired) electrons. The van der Waals surface area contributed by atoms with Gasteiger partial charge in [-0.1, -0.05) is 18.2 Å². The maximum absolute atomic E-state index is 11.4. The summed E-state index contributed by atoms with van der Waals surface area (Å²) in [5, 5.41) is 0. The summed E-state index contributed by atoms with van der Waals surface area (Å²) in [4.78, 5) is 15.4. The average Bonchev–Trinajstić information content (AvgIpc) is 2.57. The van der Waals surface area contributed by atoms with E-state index in [4.69, 9.17) is 9.31 Å². The summed E-state index contributed by atoms with van der Waals surface area (Å²) in [7, 11) is -0.405. The van der Waals surface area contributed by atoms with Crippen molar-refractivity contribution in [2.24, 2.45) is 10.9 Å². The van der Waals surface area contributed by atoms with E-state index >= 15 is 0 Å². The van der Waals surface area contributed by atoms with Crippen molar-refractivity contribution in [2.45, 2.75) is 38.9 Å². The number of carbonyl (C=O) groups is 1. The molecule has 0 aromatic rings. The third kappa shape index (κ3) is 2.01. The van der Waals surface area contributed by atoms with Crippen LogP contribution in [0.5, 0.6) is 0 Å². The first kappa shape index (κ1) is 13.5. The highest BCUT2D eigenvalue weighted by molar-refractivity contribution is 6.56. The summed E-state index contributed by atoms with van der Waals surface area (Å²) < 4.78 is 12.2. The van der Waals surface area contributed by atoms with Gasteiger partial charge < -0.3 is 9.31 Å². The van der Waals surface area contributed by atoms with Crippen LogP contribution in [-0.2, 0) is 14.1 Å². The van der Waals surface area contributed by atoms with Gasteiger partial charge in [0.15, 0.2) is 0 Å². The average molecular weight is 271 g/mol. The Labute approximate surface area is 119 Å². The number of dihydropyridines is 1. The van der Waals surface area contributed by atoms with Crippen molar-refractivity contribution in [1.82, 2.24) is 0 Å². The summed E-state index contributed by atoms with van der Waals surface area (Å²) in [6.45, 7) is 8.12. The predicted octanol–water partition coefficient (Wildman–Crippen LogP) is 2.27. The molecule has 0 bridgehead atoms. The third-order valence-electron chi connectivity index (χ3n) is 4.43. The lowest BCUT2D eigenvalue weighted by atomic mass is 9.67. The lowest BCUT2D eigenvalue weighted by Gasteiger charge is -2.32. The number of hydrogen-bond donors (Lipinski definition) is 0. The Morgan fingerprint density at radius 2 is 1.80 bits per heavy atom. The van der Waals surface area contributed by atoms with E-state index in [0.29, 0.717) is 0 Å². The molecule has 0 spiro atoms. The van der Waals surface area contributed by atoms with Gasteiger partial charge in [-0.2, -0.15) is 0 Å². The minimum atomic E-state index is -0.405. The van der Waals surface area contributed by atoms with Crippen LogP contribution in [-0.4, -0.2) is 29.9 Å². The molecule has 104 valence electrons. The van der Waals surface area contributed by atoms with Gasteiger partial charge in [0.1, 0.15) is 0 Å². The maximum atomic E-state index is 11.4. The number of fused-ring (bicyclic) bond motifs is 1. The van der Waals surface area contributed by atoms with Gasteiger partial charge in [-0.05, 0) is 39.2 Å². The summed E-state index contributed by atoms with van der Waals surface area (Å²) in [5.41, 5.74) is 1.01. The van der Waals surface area contributed by atoms with E-state index in [-0.39, 0.29) is 23.0 Å². The first-order valence-corrected chi connectivity index (χ1v) is 6.85. The van der Waals surface area contributed by atoms with Crippen LogP contribution in [0.1, 0.15) is 27.7 Å². The molecule has 0 aromatic heterocycles. The number of nitrogens with zero attached hydrogens (tertiary/aromatic N) is 1. The zero-order chi connectivity index (χ0) is 14.5. The van der Waals surface area contributed by atoms with Gasteiger partial charge in [-0.15, -0.1) is 0 Å². The summed E-state index contributed by atoms with van der Waals surface area (Å²) in [6, 6.07) is 0. The largest absolute Gasteiger partial charge is 0.491 e. The Kier molecular flexibility index (Phi) is 2.89. The second-order valence-corrected chi connectivity index (χ2v) is 6.33. The van der Waals surface area contributed by atoms with Gasteiger partial charge >= 0.3 is 7.12 Å². The van der Waals surface area contributed by atoms with Crippen molar-refractivity contribution in [1.29, 1.82) is 0 Å². The van der Waals surface area contributed by atoms with Gasteiger partial charge in [0.2, 0.25) is 0 Å². The lowest BCUT2D eigenvalue weighted by Crippen LogP contribution is -2.41. The lowest BCUT2D eigenvalue weighted by molar-refractivity contribution is -0.113. The molecule has 1 atom stereocenters. The molecule has 0 aromatic carbocycles. The van der Waals surface area contributed by atoms with Crippen LogP contribution >= 0.6 is 0 Å². The third-order valence-corrected chi connectivity index (χ3v) is 4.43. The first-order valence-electron chi connectivity index (χ1n) is 6.85. The zero-order valence-corrected chi connectivity index (χ0v) is 12.2. The van der Waals surface area contributed by atoms with E-state index in [0.717, 1.165) is 11.2 Å². The molecular formula is C15H18BNO3. The van der Waals surface area contributed by atoms with Gasteiger partial charge in [-0.3, -0.25) is 4.79 Å². The molecule has 2 heterocycles. The van der Waals surface area contributed by atoms with Gasteiger partial charge in [-0.25, -0.2) is 4.99 Å². The number of allylic oxidation sites excluding steroid dienone is 5. The van der Waals surface area contributed by atoms with Gasteiger partial charge in [0.25, 0.3) is 5.91 Å². The van der Waals surface area contributed by atoms with Crippen molar-refractivity contribution < 1.29 is 14.1 Å². The fourth-order valence-corrected chi connectivity index (χ4v) is 2.50. The number of amides is 1. The topological polar surface area (TPSA) is 47.9 Å². The van der Waals surface area contributed by atoms with Crippen molar-refractivity contribution in [3.05, 3.63) is 35.9 Å². The summed E-state index contributed by atoms with van der Waals surface area (Å²) in [5.74, 6) is -0.247. The molecule has 0 saturated carbocycles. The van der Waals surface area contributed by atoms with Crippen LogP contribution < -0.4 is 0 Å². The quantitative estimate of drug-likeness (QED) is 0.687. The Morgan fingerprint density at radius 1 is 1.15 bits per heavy atom. The number of hydrogen-bond acceptors (Lipinski definition) is 3. The van der Waals surface area contributed by atoms with E-state index in [9.17, 15) is 4.79 Å². The van der Waals surface area contributed by atoms with Crippen molar-refractivity contribution in [3.8, 4) is 0 Å². The Balaban J connectivity index is 1.91. The second kappa shape index (κ2) is 4.27. The molecule has 1 unspecified atom stereocenters. The molecule has 1 aliphatic carbocycles. The molecule has 0 N–H and O–H groups in total. The highest BCUT2D eigenvalue weighted by Gasteiger charge is 2.53. The fraction of sp³-hybridized carbons (Fsp3) is 0.467. The molecule has 1 amide bonds.